The average Bonchev–Trinajstić information content (AvgIpc) is 2.67. The number of hydrogen-bond acceptors (Lipinski definition) is 2. The number of nitrogens with one attached hydrogen (secondary N) is 1. The van der Waals surface area contributed by atoms with Crippen LogP contribution in [0.15, 0.2) is 53.5 Å². The first kappa shape index (κ1) is 17.3. The van der Waals surface area contributed by atoms with Crippen LogP contribution in [0.2, 0.25) is 0 Å². The zero-order valence-electron chi connectivity index (χ0n) is 15.8. The Labute approximate surface area is 156 Å². The minimum atomic E-state index is 0.102. The highest BCUT2D eigenvalue weighted by molar-refractivity contribution is 6.02. The van der Waals surface area contributed by atoms with Gasteiger partial charge in [0.15, 0.2) is 0 Å². The summed E-state index contributed by atoms with van der Waals surface area (Å²) in [5, 5.41) is 3.65. The molecule has 1 saturated heterocycles. The molecule has 2 aromatic rings. The second kappa shape index (κ2) is 7.24. The van der Waals surface area contributed by atoms with Crippen molar-refractivity contribution >= 4 is 11.5 Å². The summed E-state index contributed by atoms with van der Waals surface area (Å²) < 4.78 is 5.65. The van der Waals surface area contributed by atoms with Gasteiger partial charge in [0, 0.05) is 24.3 Å². The van der Waals surface area contributed by atoms with Gasteiger partial charge >= 0.3 is 0 Å². The molecule has 3 nitrogen and oxygen atoms in total. The van der Waals surface area contributed by atoms with Crippen molar-refractivity contribution in [2.45, 2.75) is 45.6 Å². The summed E-state index contributed by atoms with van der Waals surface area (Å²) in [5.41, 5.74) is 5.36. The number of benzene rings is 2. The fraction of sp³-hybridized carbons (Fsp3) is 0.435. The molecule has 2 aliphatic heterocycles. The molecule has 0 aliphatic carbocycles. The summed E-state index contributed by atoms with van der Waals surface area (Å²) in [6.07, 6.45) is 3.14. The van der Waals surface area contributed by atoms with Gasteiger partial charge in [-0.2, -0.15) is 0 Å². The van der Waals surface area contributed by atoms with E-state index in [2.05, 4.69) is 67.7 Å². The third-order valence-corrected chi connectivity index (χ3v) is 5.82. The lowest BCUT2D eigenvalue weighted by Crippen LogP contribution is -2.45. The minimum absolute atomic E-state index is 0.102. The van der Waals surface area contributed by atoms with Gasteiger partial charge in [-0.15, -0.1) is 0 Å². The zero-order valence-corrected chi connectivity index (χ0v) is 15.8. The summed E-state index contributed by atoms with van der Waals surface area (Å²) in [4.78, 5) is 5.05. The van der Waals surface area contributed by atoms with E-state index in [0.717, 1.165) is 44.9 Å². The largest absolute Gasteiger partial charge is 0.381 e. The van der Waals surface area contributed by atoms with Crippen LogP contribution in [0, 0.1) is 5.41 Å². The molecule has 26 heavy (non-hydrogen) atoms. The van der Waals surface area contributed by atoms with Crippen LogP contribution < -0.4 is 5.32 Å². The molecule has 1 spiro atoms. The van der Waals surface area contributed by atoms with E-state index in [1.54, 1.807) is 0 Å². The predicted molar refractivity (Wildman–Crippen MR) is 108 cm³/mol. The molecule has 0 amide bonds. The van der Waals surface area contributed by atoms with Crippen LogP contribution in [-0.4, -0.2) is 19.0 Å². The van der Waals surface area contributed by atoms with E-state index >= 15 is 0 Å². The zero-order chi connectivity index (χ0) is 18.0. The van der Waals surface area contributed by atoms with E-state index in [1.165, 1.54) is 22.4 Å². The molecule has 0 unspecified atom stereocenters. The number of hydrogen-bond donors (Lipinski definition) is 1. The molecule has 0 bridgehead atoms. The third-order valence-electron chi connectivity index (χ3n) is 5.82. The molecule has 0 aromatic heterocycles. The van der Waals surface area contributed by atoms with Gasteiger partial charge in [-0.25, -0.2) is 0 Å². The molecular weight excluding hydrogens is 320 g/mol. The molecule has 0 radical (unpaired) electrons. The lowest BCUT2D eigenvalue weighted by molar-refractivity contribution is 0.0448. The van der Waals surface area contributed by atoms with Crippen molar-refractivity contribution in [1.29, 1.82) is 0 Å². The number of rotatable bonds is 3. The van der Waals surface area contributed by atoms with Crippen molar-refractivity contribution in [3.63, 3.8) is 0 Å². The molecule has 4 rings (SSSR count). The molecule has 0 saturated carbocycles. The van der Waals surface area contributed by atoms with Crippen molar-refractivity contribution in [2.75, 3.05) is 18.5 Å². The summed E-state index contributed by atoms with van der Waals surface area (Å²) >= 11 is 0. The fourth-order valence-electron chi connectivity index (χ4n) is 4.07. The van der Waals surface area contributed by atoms with Crippen LogP contribution in [0.3, 0.4) is 0 Å². The molecule has 1 fully saturated rings. The summed E-state index contributed by atoms with van der Waals surface area (Å²) in [6.45, 7) is 6.84. The Bertz CT molecular complexity index is 786. The van der Waals surface area contributed by atoms with Crippen LogP contribution in [-0.2, 0) is 17.7 Å². The number of anilines is 1. The van der Waals surface area contributed by atoms with Crippen LogP contribution in [0.5, 0.6) is 0 Å². The molecule has 136 valence electrons. The van der Waals surface area contributed by atoms with Crippen LogP contribution in [0.1, 0.15) is 49.3 Å². The van der Waals surface area contributed by atoms with E-state index in [9.17, 15) is 0 Å². The number of fused-ring (bicyclic) bond motifs is 1. The van der Waals surface area contributed by atoms with E-state index in [1.807, 2.05) is 0 Å². The van der Waals surface area contributed by atoms with Crippen LogP contribution >= 0.6 is 0 Å². The first-order valence-corrected chi connectivity index (χ1v) is 9.73. The van der Waals surface area contributed by atoms with E-state index in [0.29, 0.717) is 5.92 Å². The fourth-order valence-corrected chi connectivity index (χ4v) is 4.07. The molecule has 2 aliphatic rings. The van der Waals surface area contributed by atoms with Crippen LogP contribution in [0.25, 0.3) is 0 Å². The predicted octanol–water partition coefficient (Wildman–Crippen LogP) is 5.17. The van der Waals surface area contributed by atoms with E-state index < -0.39 is 0 Å². The second-order valence-electron chi connectivity index (χ2n) is 7.91. The smallest absolute Gasteiger partial charge is 0.108 e. The second-order valence-corrected chi connectivity index (χ2v) is 7.91. The number of nitrogens with zero attached hydrogens (tertiary/aromatic N) is 1. The summed E-state index contributed by atoms with van der Waals surface area (Å²) in [6, 6.07) is 17.5. The minimum Gasteiger partial charge on any atom is -0.381 e. The highest BCUT2D eigenvalue weighted by Gasteiger charge is 2.41. The van der Waals surface area contributed by atoms with E-state index in [-0.39, 0.29) is 5.41 Å². The number of ether oxygens (including phenoxy) is 1. The molecule has 1 N–H and O–H groups in total. The van der Waals surface area contributed by atoms with Gasteiger partial charge in [-0.1, -0.05) is 56.3 Å². The Kier molecular flexibility index (Phi) is 4.82. The maximum atomic E-state index is 5.65. The van der Waals surface area contributed by atoms with Gasteiger partial charge in [0.1, 0.15) is 5.84 Å². The Hall–Kier alpha value is -2.13. The van der Waals surface area contributed by atoms with Gasteiger partial charge < -0.3 is 10.1 Å². The monoisotopic (exact) mass is 348 g/mol. The topological polar surface area (TPSA) is 33.6 Å². The maximum Gasteiger partial charge on any atom is 0.108 e. The molecule has 2 heterocycles. The molecule has 2 aromatic carbocycles. The highest BCUT2D eigenvalue weighted by Crippen LogP contribution is 2.41. The van der Waals surface area contributed by atoms with Crippen molar-refractivity contribution in [3.8, 4) is 0 Å². The Morgan fingerprint density at radius 2 is 1.77 bits per heavy atom. The quantitative estimate of drug-likeness (QED) is 0.830. The van der Waals surface area contributed by atoms with Gasteiger partial charge in [0.05, 0.1) is 6.54 Å². The van der Waals surface area contributed by atoms with Crippen molar-refractivity contribution in [3.05, 3.63) is 65.2 Å². The van der Waals surface area contributed by atoms with Crippen molar-refractivity contribution in [2.24, 2.45) is 10.4 Å². The van der Waals surface area contributed by atoms with E-state index in [4.69, 9.17) is 9.73 Å². The Morgan fingerprint density at radius 3 is 2.50 bits per heavy atom. The maximum absolute atomic E-state index is 5.65. The lowest BCUT2D eigenvalue weighted by Gasteiger charge is -2.42. The third kappa shape index (κ3) is 3.41. The standard InChI is InChI=1S/C23H28N2O/c1-17(2)19-9-7-18(8-10-19)16-24-22-23(11-13-26-14-12-23)15-20-5-3-4-6-21(20)25-22/h3-10,17H,11-16H2,1-2H3,(H,24,25). The van der Waals surface area contributed by atoms with Crippen molar-refractivity contribution < 1.29 is 4.74 Å². The van der Waals surface area contributed by atoms with Crippen LogP contribution in [0.4, 0.5) is 5.69 Å². The molecule has 3 heteroatoms. The van der Waals surface area contributed by atoms with Gasteiger partial charge in [-0.05, 0) is 47.9 Å². The van der Waals surface area contributed by atoms with Gasteiger partial charge in [0.2, 0.25) is 0 Å². The SMILES string of the molecule is CC(C)c1ccc(CN=C2Nc3ccccc3CC23CCOCC3)cc1. The average molecular weight is 348 g/mol. The van der Waals surface area contributed by atoms with Gasteiger partial charge in [-0.3, -0.25) is 4.99 Å². The highest BCUT2D eigenvalue weighted by atomic mass is 16.5. The number of para-hydroxylation sites is 1. The summed E-state index contributed by atoms with van der Waals surface area (Å²) in [5.74, 6) is 1.71. The molecular formula is C23H28N2O. The normalized spacial score (nSPS) is 20.2. The summed E-state index contributed by atoms with van der Waals surface area (Å²) in [7, 11) is 0. The Morgan fingerprint density at radius 1 is 1.04 bits per heavy atom. The number of aliphatic imine (C=N–C) groups is 1. The van der Waals surface area contributed by atoms with Crippen molar-refractivity contribution in [1.82, 2.24) is 0 Å². The lowest BCUT2D eigenvalue weighted by atomic mass is 9.71. The molecule has 0 atom stereocenters. The van der Waals surface area contributed by atoms with Gasteiger partial charge in [0.25, 0.3) is 0 Å². The number of amidine groups is 1. The first-order valence-electron chi connectivity index (χ1n) is 9.73. The Balaban J connectivity index is 1.60. The first-order chi connectivity index (χ1) is 12.7.